The van der Waals surface area contributed by atoms with Crippen molar-refractivity contribution >= 4 is 24.0 Å². The van der Waals surface area contributed by atoms with E-state index < -0.39 is 24.3 Å². The Bertz CT molecular complexity index is 2160. The molecule has 306 valence electrons. The van der Waals surface area contributed by atoms with E-state index in [4.69, 9.17) is 19.4 Å². The number of aromatic nitrogens is 4. The molecule has 9 atom stereocenters. The first kappa shape index (κ1) is 39.2. The van der Waals surface area contributed by atoms with E-state index in [1.807, 2.05) is 49.9 Å². The highest BCUT2D eigenvalue weighted by molar-refractivity contribution is 5.88. The Hall–Kier alpha value is -5.66. The highest BCUT2D eigenvalue weighted by Gasteiger charge is 2.61. The van der Waals surface area contributed by atoms with Crippen molar-refractivity contribution in [3.05, 3.63) is 72.6 Å². The Morgan fingerprint density at radius 3 is 1.69 bits per heavy atom. The van der Waals surface area contributed by atoms with Crippen LogP contribution in [0.3, 0.4) is 0 Å². The van der Waals surface area contributed by atoms with Gasteiger partial charge < -0.3 is 39.9 Å². The van der Waals surface area contributed by atoms with Gasteiger partial charge in [0.05, 0.1) is 50.1 Å². The Morgan fingerprint density at radius 2 is 1.17 bits per heavy atom. The molecule has 2 saturated heterocycles. The van der Waals surface area contributed by atoms with E-state index in [-0.39, 0.29) is 47.8 Å². The Labute approximate surface area is 338 Å². The topological polar surface area (TPSA) is 175 Å². The number of likely N-dealkylation sites (tertiary alicyclic amines) is 2. The number of ether oxygens (including phenoxy) is 2. The molecule has 4 heterocycles. The third-order valence-corrected chi connectivity index (χ3v) is 13.1. The maximum atomic E-state index is 13.9. The Morgan fingerprint density at radius 1 is 0.690 bits per heavy atom. The van der Waals surface area contributed by atoms with Gasteiger partial charge in [0.25, 0.3) is 0 Å². The number of piperidine rings is 2. The summed E-state index contributed by atoms with van der Waals surface area (Å²) in [5.74, 6) is 2.26. The van der Waals surface area contributed by atoms with Crippen LogP contribution in [-0.2, 0) is 19.1 Å². The molecule has 0 spiro atoms. The largest absolute Gasteiger partial charge is 0.453 e. The fraction of sp³-hybridized carbons (Fsp3) is 0.500. The smallest absolute Gasteiger partial charge is 0.407 e. The third kappa shape index (κ3) is 7.10. The van der Waals surface area contributed by atoms with Crippen molar-refractivity contribution in [3.8, 4) is 33.6 Å². The number of imidazole rings is 2. The second-order valence-electron chi connectivity index (χ2n) is 17.2. The molecule has 8 rings (SSSR count). The average molecular weight is 791 g/mol. The number of benzene rings is 2. The summed E-state index contributed by atoms with van der Waals surface area (Å²) in [5.41, 5.74) is 5.86. The van der Waals surface area contributed by atoms with Crippen molar-refractivity contribution in [2.75, 3.05) is 14.2 Å². The number of amides is 4. The van der Waals surface area contributed by atoms with Gasteiger partial charge in [-0.25, -0.2) is 19.6 Å². The lowest BCUT2D eigenvalue weighted by atomic mass is 9.95. The van der Waals surface area contributed by atoms with Crippen molar-refractivity contribution in [1.29, 1.82) is 0 Å². The minimum atomic E-state index is -0.688. The molecule has 4 amide bonds. The number of hydrogen-bond donors (Lipinski definition) is 4. The lowest BCUT2D eigenvalue weighted by Gasteiger charge is -2.37. The van der Waals surface area contributed by atoms with Crippen LogP contribution >= 0.6 is 0 Å². The van der Waals surface area contributed by atoms with Crippen LogP contribution in [-0.4, -0.2) is 92.1 Å². The predicted octanol–water partition coefficient (Wildman–Crippen LogP) is 6.85. The maximum Gasteiger partial charge on any atom is 0.407 e. The first-order chi connectivity index (χ1) is 27.9. The molecule has 14 nitrogen and oxygen atoms in total. The zero-order valence-electron chi connectivity index (χ0n) is 34.2. The minimum absolute atomic E-state index is 0.0940. The fourth-order valence-electron chi connectivity index (χ4n) is 9.81. The second kappa shape index (κ2) is 15.6. The summed E-state index contributed by atoms with van der Waals surface area (Å²) in [7, 11) is 2.61. The van der Waals surface area contributed by atoms with E-state index in [1.54, 1.807) is 0 Å². The molecule has 58 heavy (non-hydrogen) atoms. The number of nitrogens with zero attached hydrogens (tertiary/aromatic N) is 4. The first-order valence-electron chi connectivity index (χ1n) is 20.5. The standard InChI is InChI=1S/C44H54N8O6/c1-22(2)35(49-43(55)57-6)41(53)51-30-17-16-29(18-30)38(51)40-46-21-33(48-40)28-14-10-26(11-15-28)25-8-12-27(13-9-25)32-20-45-39(47-32)34-19-31-24(5)37(31)52(34)42(54)36(23(3)4)50-44(56)58-7/h8-15,20-24,29-31,34-38H,16-19H2,1-7H3,(H,45,47)(H,46,48)(H,49,55)(H,50,56)/t24-,29+,30-,31+,34+,35+,36+,37-,38+/m1/s1. The third-order valence-electron chi connectivity index (χ3n) is 13.1. The molecule has 4 N–H and O–H groups in total. The highest BCUT2D eigenvalue weighted by atomic mass is 16.5. The number of fused-ring (bicyclic) bond motifs is 3. The van der Waals surface area contributed by atoms with Gasteiger partial charge in [-0.3, -0.25) is 9.59 Å². The summed E-state index contributed by atoms with van der Waals surface area (Å²) in [6.45, 7) is 9.88. The first-order valence-corrected chi connectivity index (χ1v) is 20.5. The fourth-order valence-corrected chi connectivity index (χ4v) is 9.81. The molecule has 2 aliphatic carbocycles. The number of aromatic amines is 2. The lowest BCUT2D eigenvalue weighted by Crippen LogP contribution is -2.54. The van der Waals surface area contributed by atoms with E-state index in [0.29, 0.717) is 17.8 Å². The van der Waals surface area contributed by atoms with E-state index in [2.05, 4.69) is 76.1 Å². The normalized spacial score (nSPS) is 25.4. The SMILES string of the molecule is COC(=O)N[C@H](C(=O)N1[C@@H]2CC[C@@H](C2)[C@H]1c1ncc(-c2ccc(-c3ccc(-c4cnc([C@@H]5C[C@H]6[C@@H](C)[C@H]6N5C(=O)[C@@H](NC(=O)OC)C(C)C)[nH]4)cc3)cc2)[nH]1)C(C)C. The highest BCUT2D eigenvalue weighted by Crippen LogP contribution is 2.57. The quantitative estimate of drug-likeness (QED) is 0.128. The van der Waals surface area contributed by atoms with E-state index in [1.165, 1.54) is 14.2 Å². The Kier molecular flexibility index (Phi) is 10.5. The van der Waals surface area contributed by atoms with Crippen LogP contribution in [0.4, 0.5) is 9.59 Å². The molecule has 2 saturated carbocycles. The van der Waals surface area contributed by atoms with Crippen LogP contribution in [0.25, 0.3) is 33.6 Å². The molecular weight excluding hydrogens is 737 g/mol. The number of hydrogen-bond acceptors (Lipinski definition) is 8. The maximum absolute atomic E-state index is 13.9. The molecular formula is C44H54N8O6. The van der Waals surface area contributed by atoms with Crippen LogP contribution in [0.2, 0.25) is 0 Å². The van der Waals surface area contributed by atoms with Crippen molar-refractivity contribution in [3.63, 3.8) is 0 Å². The summed E-state index contributed by atoms with van der Waals surface area (Å²) < 4.78 is 9.63. The molecule has 4 fully saturated rings. The zero-order chi connectivity index (χ0) is 41.0. The van der Waals surface area contributed by atoms with Crippen LogP contribution in [0.5, 0.6) is 0 Å². The van der Waals surface area contributed by atoms with Gasteiger partial charge in [0.1, 0.15) is 23.7 Å². The van der Waals surface area contributed by atoms with Crippen molar-refractivity contribution < 1.29 is 28.7 Å². The molecule has 0 radical (unpaired) electrons. The van der Waals surface area contributed by atoms with Crippen molar-refractivity contribution in [2.45, 2.75) is 96.6 Å². The number of methoxy groups -OCH3 is 2. The predicted molar refractivity (Wildman–Crippen MR) is 217 cm³/mol. The molecule has 0 unspecified atom stereocenters. The van der Waals surface area contributed by atoms with E-state index in [9.17, 15) is 19.2 Å². The molecule has 14 heteroatoms. The van der Waals surface area contributed by atoms with Gasteiger partial charge in [0, 0.05) is 12.1 Å². The molecule has 2 aromatic heterocycles. The molecule has 2 aliphatic heterocycles. The van der Waals surface area contributed by atoms with Gasteiger partial charge in [-0.05, 0) is 77.5 Å². The summed E-state index contributed by atoms with van der Waals surface area (Å²) >= 11 is 0. The van der Waals surface area contributed by atoms with Gasteiger partial charge in [0.2, 0.25) is 11.8 Å². The second-order valence-corrected chi connectivity index (χ2v) is 17.2. The van der Waals surface area contributed by atoms with Crippen LogP contribution in [0.1, 0.15) is 84.0 Å². The summed E-state index contributed by atoms with van der Waals surface area (Å²) in [6.07, 6.45) is 6.20. The Balaban J connectivity index is 0.947. The average Bonchev–Trinajstić information content (AvgIpc) is 3.96. The number of carbonyl (C=O) groups excluding carboxylic acids is 4. The summed E-state index contributed by atoms with van der Waals surface area (Å²) in [4.78, 5) is 72.6. The monoisotopic (exact) mass is 790 g/mol. The van der Waals surface area contributed by atoms with Gasteiger partial charge in [-0.1, -0.05) is 83.1 Å². The van der Waals surface area contributed by atoms with E-state index >= 15 is 0 Å². The number of carbonyl (C=O) groups is 4. The number of rotatable bonds is 11. The van der Waals surface area contributed by atoms with Gasteiger partial charge >= 0.3 is 12.2 Å². The number of H-pyrrole nitrogens is 2. The van der Waals surface area contributed by atoms with Crippen molar-refractivity contribution in [2.24, 2.45) is 29.6 Å². The number of alkyl carbamates (subject to hydrolysis) is 2. The van der Waals surface area contributed by atoms with Gasteiger partial charge in [0.15, 0.2) is 0 Å². The van der Waals surface area contributed by atoms with Gasteiger partial charge in [-0.15, -0.1) is 0 Å². The molecule has 2 aromatic carbocycles. The van der Waals surface area contributed by atoms with Crippen LogP contribution < -0.4 is 10.6 Å². The van der Waals surface area contributed by atoms with Crippen LogP contribution in [0, 0.1) is 29.6 Å². The minimum Gasteiger partial charge on any atom is -0.453 e. The summed E-state index contributed by atoms with van der Waals surface area (Å²) in [6, 6.07) is 15.2. The van der Waals surface area contributed by atoms with Crippen molar-refractivity contribution in [1.82, 2.24) is 40.4 Å². The molecule has 4 aliphatic rings. The lowest BCUT2D eigenvalue weighted by molar-refractivity contribution is -0.139. The van der Waals surface area contributed by atoms with Crippen LogP contribution in [0.15, 0.2) is 60.9 Å². The van der Waals surface area contributed by atoms with E-state index in [0.717, 1.165) is 71.0 Å². The molecule has 4 aromatic rings. The number of nitrogens with one attached hydrogen (secondary N) is 4. The molecule has 2 bridgehead atoms. The van der Waals surface area contributed by atoms with Gasteiger partial charge in [-0.2, -0.15) is 0 Å². The summed E-state index contributed by atoms with van der Waals surface area (Å²) in [5, 5.41) is 5.51. The zero-order valence-corrected chi connectivity index (χ0v) is 34.2.